The van der Waals surface area contributed by atoms with Crippen molar-refractivity contribution in [2.45, 2.75) is 12.5 Å². The fraction of sp³-hybridized carbons (Fsp3) is 0.0714. The predicted octanol–water partition coefficient (Wildman–Crippen LogP) is 7.56. The van der Waals surface area contributed by atoms with Crippen LogP contribution in [0.1, 0.15) is 6.42 Å². The lowest BCUT2D eigenvalue weighted by Gasteiger charge is -2.33. The molecule has 2 heterocycles. The van der Waals surface area contributed by atoms with E-state index in [0.29, 0.717) is 0 Å². The Hall–Kier alpha value is -3.50. The van der Waals surface area contributed by atoms with Gasteiger partial charge in [0.15, 0.2) is 0 Å². The number of halogens is 1. The highest BCUT2D eigenvalue weighted by atomic mass is 79.9. The van der Waals surface area contributed by atoms with Crippen LogP contribution in [0.4, 0.5) is 11.4 Å². The zero-order valence-electron chi connectivity index (χ0n) is 17.5. The average Bonchev–Trinajstić information content (AvgIpc) is 2.87. The van der Waals surface area contributed by atoms with Crippen LogP contribution in [0.2, 0.25) is 0 Å². The first-order valence-corrected chi connectivity index (χ1v) is 11.4. The van der Waals surface area contributed by atoms with Crippen molar-refractivity contribution in [1.29, 1.82) is 0 Å². The van der Waals surface area contributed by atoms with Crippen LogP contribution in [0.15, 0.2) is 120 Å². The van der Waals surface area contributed by atoms with Crippen LogP contribution < -0.4 is 4.90 Å². The molecule has 0 spiro atoms. The second-order valence-corrected chi connectivity index (χ2v) is 8.57. The monoisotopic (exact) mass is 479 g/mol. The first kappa shape index (κ1) is 20.4. The number of aromatic nitrogens is 2. The molecule has 2 aromatic carbocycles. The van der Waals surface area contributed by atoms with Gasteiger partial charge in [0.05, 0.1) is 17.4 Å². The largest absolute Gasteiger partial charge is 0.334 e. The van der Waals surface area contributed by atoms with E-state index >= 15 is 0 Å². The molecule has 0 fully saturated rings. The Bertz CT molecular complexity index is 1180. The summed E-state index contributed by atoms with van der Waals surface area (Å²) in [7, 11) is 0. The minimum Gasteiger partial charge on any atom is -0.334 e. The predicted molar refractivity (Wildman–Crippen MR) is 136 cm³/mol. The summed E-state index contributed by atoms with van der Waals surface area (Å²) in [4.78, 5) is 11.5. The van der Waals surface area contributed by atoms with Gasteiger partial charge in [-0.2, -0.15) is 0 Å². The van der Waals surface area contributed by atoms with E-state index in [-0.39, 0.29) is 6.04 Å². The van der Waals surface area contributed by atoms with Gasteiger partial charge in [0.1, 0.15) is 0 Å². The Morgan fingerprint density at radius 3 is 1.78 bits per heavy atom. The standard InChI is InChI=1S/C28H22BrN3/c29-23-13-15-24(16-14-23)32(25-9-5-7-21(19-25)27-11-1-3-17-30-27)26-10-6-8-22(20-26)28-12-2-4-18-31-28/h1-15,17-20,24H,16H2. The first-order valence-electron chi connectivity index (χ1n) is 10.6. The highest BCUT2D eigenvalue weighted by Gasteiger charge is 2.21. The Balaban J connectivity index is 1.59. The maximum absolute atomic E-state index is 4.54. The third-order valence-electron chi connectivity index (χ3n) is 5.53. The van der Waals surface area contributed by atoms with Crippen molar-refractivity contribution in [1.82, 2.24) is 9.97 Å². The molecule has 0 saturated heterocycles. The normalized spacial score (nSPS) is 15.3. The van der Waals surface area contributed by atoms with E-state index in [4.69, 9.17) is 0 Å². The summed E-state index contributed by atoms with van der Waals surface area (Å²) in [6, 6.07) is 29.4. The van der Waals surface area contributed by atoms with Crippen LogP contribution in [0.5, 0.6) is 0 Å². The van der Waals surface area contributed by atoms with Crippen molar-refractivity contribution in [3.63, 3.8) is 0 Å². The zero-order chi connectivity index (χ0) is 21.8. The summed E-state index contributed by atoms with van der Waals surface area (Å²) in [6.45, 7) is 0. The molecule has 4 heteroatoms. The number of pyridine rings is 2. The van der Waals surface area contributed by atoms with Gasteiger partial charge in [-0.25, -0.2) is 0 Å². The van der Waals surface area contributed by atoms with E-state index in [0.717, 1.165) is 44.8 Å². The molecule has 1 unspecified atom stereocenters. The summed E-state index contributed by atoms with van der Waals surface area (Å²) in [5.41, 5.74) is 6.41. The van der Waals surface area contributed by atoms with E-state index in [1.54, 1.807) is 0 Å². The minimum absolute atomic E-state index is 0.203. The second kappa shape index (κ2) is 9.33. The van der Waals surface area contributed by atoms with Crippen LogP contribution in [0.25, 0.3) is 22.5 Å². The van der Waals surface area contributed by atoms with Crippen molar-refractivity contribution in [3.05, 3.63) is 120 Å². The molecule has 0 saturated carbocycles. The molecular formula is C28H22BrN3. The van der Waals surface area contributed by atoms with Gasteiger partial charge in [0, 0.05) is 39.4 Å². The second-order valence-electron chi connectivity index (χ2n) is 7.65. The molecular weight excluding hydrogens is 458 g/mol. The number of allylic oxidation sites excluding steroid dienone is 2. The van der Waals surface area contributed by atoms with E-state index in [2.05, 4.69) is 97.6 Å². The maximum atomic E-state index is 4.54. The van der Waals surface area contributed by atoms with Crippen molar-refractivity contribution in [2.24, 2.45) is 0 Å². The van der Waals surface area contributed by atoms with Gasteiger partial charge in [-0.05, 0) is 55.0 Å². The van der Waals surface area contributed by atoms with E-state index < -0.39 is 0 Å². The van der Waals surface area contributed by atoms with Crippen molar-refractivity contribution >= 4 is 27.3 Å². The fourth-order valence-corrected chi connectivity index (χ4v) is 4.34. The molecule has 0 N–H and O–H groups in total. The Morgan fingerprint density at radius 1 is 0.719 bits per heavy atom. The number of anilines is 2. The molecule has 0 aliphatic heterocycles. The molecule has 0 amide bonds. The van der Waals surface area contributed by atoms with Crippen LogP contribution in [0, 0.1) is 0 Å². The molecule has 0 bridgehead atoms. The highest BCUT2D eigenvalue weighted by Crippen LogP contribution is 2.35. The quantitative estimate of drug-likeness (QED) is 0.295. The molecule has 1 aliphatic carbocycles. The molecule has 4 aromatic rings. The summed E-state index contributed by atoms with van der Waals surface area (Å²) < 4.78 is 1.12. The van der Waals surface area contributed by atoms with Crippen LogP contribution in [-0.2, 0) is 0 Å². The lowest BCUT2D eigenvalue weighted by Crippen LogP contribution is -2.30. The SMILES string of the molecule is BrC1=CCC(N(c2cccc(-c3ccccn3)c2)c2cccc(-c3ccccn3)c2)C=C1. The van der Waals surface area contributed by atoms with Crippen LogP contribution in [-0.4, -0.2) is 16.0 Å². The van der Waals surface area contributed by atoms with Gasteiger partial charge < -0.3 is 4.90 Å². The van der Waals surface area contributed by atoms with Gasteiger partial charge >= 0.3 is 0 Å². The molecule has 1 aliphatic rings. The summed E-state index contributed by atoms with van der Waals surface area (Å²) in [5, 5.41) is 0. The molecule has 5 rings (SSSR count). The summed E-state index contributed by atoms with van der Waals surface area (Å²) in [5.74, 6) is 0. The van der Waals surface area contributed by atoms with Gasteiger partial charge in [-0.1, -0.05) is 70.6 Å². The smallest absolute Gasteiger partial charge is 0.0702 e. The molecule has 1 atom stereocenters. The van der Waals surface area contributed by atoms with E-state index in [1.165, 1.54) is 0 Å². The van der Waals surface area contributed by atoms with Crippen LogP contribution in [0.3, 0.4) is 0 Å². The summed E-state index contributed by atoms with van der Waals surface area (Å²) >= 11 is 3.60. The fourth-order valence-electron chi connectivity index (χ4n) is 4.00. The lowest BCUT2D eigenvalue weighted by molar-refractivity contribution is 0.784. The molecule has 2 aromatic heterocycles. The maximum Gasteiger partial charge on any atom is 0.0702 e. The van der Waals surface area contributed by atoms with Crippen molar-refractivity contribution < 1.29 is 0 Å². The summed E-state index contributed by atoms with van der Waals surface area (Å²) in [6.07, 6.45) is 11.2. The highest BCUT2D eigenvalue weighted by molar-refractivity contribution is 9.11. The first-order chi connectivity index (χ1) is 15.8. The number of benzene rings is 2. The van der Waals surface area contributed by atoms with Crippen molar-refractivity contribution in [2.75, 3.05) is 4.90 Å². The van der Waals surface area contributed by atoms with Gasteiger partial charge in [-0.15, -0.1) is 0 Å². The third kappa shape index (κ3) is 4.41. The Kier molecular flexibility index (Phi) is 5.95. The molecule has 32 heavy (non-hydrogen) atoms. The van der Waals surface area contributed by atoms with Crippen molar-refractivity contribution in [3.8, 4) is 22.5 Å². The Labute approximate surface area is 196 Å². The molecule has 0 radical (unpaired) electrons. The van der Waals surface area contributed by atoms with E-state index in [9.17, 15) is 0 Å². The molecule has 3 nitrogen and oxygen atoms in total. The minimum atomic E-state index is 0.203. The van der Waals surface area contributed by atoms with Gasteiger partial charge in [0.2, 0.25) is 0 Å². The topological polar surface area (TPSA) is 29.0 Å². The molecule has 156 valence electrons. The van der Waals surface area contributed by atoms with Gasteiger partial charge in [0.25, 0.3) is 0 Å². The third-order valence-corrected chi connectivity index (χ3v) is 6.12. The average molecular weight is 480 g/mol. The Morgan fingerprint density at radius 2 is 1.31 bits per heavy atom. The lowest BCUT2D eigenvalue weighted by atomic mass is 10.0. The number of rotatable bonds is 5. The van der Waals surface area contributed by atoms with E-state index in [1.807, 2.05) is 48.8 Å². The van der Waals surface area contributed by atoms with Gasteiger partial charge in [-0.3, -0.25) is 9.97 Å². The number of hydrogen-bond acceptors (Lipinski definition) is 3. The van der Waals surface area contributed by atoms with Crippen LogP contribution >= 0.6 is 15.9 Å². The number of nitrogens with zero attached hydrogens (tertiary/aromatic N) is 3. The zero-order valence-corrected chi connectivity index (χ0v) is 19.1. The number of hydrogen-bond donors (Lipinski definition) is 0.